The summed E-state index contributed by atoms with van der Waals surface area (Å²) in [4.78, 5) is 11.9. The molecular weight excluding hydrogens is 342 g/mol. The van der Waals surface area contributed by atoms with Crippen molar-refractivity contribution in [3.8, 4) is 5.75 Å². The number of aryl methyl sites for hydroxylation is 1. The molecule has 25 heavy (non-hydrogen) atoms. The Morgan fingerprint density at radius 3 is 2.28 bits per heavy atom. The van der Waals surface area contributed by atoms with E-state index in [-0.39, 0.29) is 11.5 Å². The summed E-state index contributed by atoms with van der Waals surface area (Å²) in [7, 11) is -0.725. The van der Waals surface area contributed by atoms with E-state index in [0.717, 1.165) is 0 Å². The SMILES string of the molecule is CCOC(=O)c1ccc(N(C)S(=O)(=O)c2ccc(OC)cc2)c(C)c1. The van der Waals surface area contributed by atoms with Crippen LogP contribution in [-0.2, 0) is 14.8 Å². The predicted molar refractivity (Wildman–Crippen MR) is 95.7 cm³/mol. The molecule has 2 rings (SSSR count). The number of esters is 1. The Morgan fingerprint density at radius 1 is 1.12 bits per heavy atom. The number of hydrogen-bond donors (Lipinski definition) is 0. The molecule has 7 heteroatoms. The van der Waals surface area contributed by atoms with E-state index in [9.17, 15) is 13.2 Å². The molecule has 0 aliphatic carbocycles. The van der Waals surface area contributed by atoms with Gasteiger partial charge in [0, 0.05) is 7.05 Å². The van der Waals surface area contributed by atoms with Crippen molar-refractivity contribution in [2.45, 2.75) is 18.7 Å². The van der Waals surface area contributed by atoms with E-state index in [1.807, 2.05) is 0 Å². The fourth-order valence-electron chi connectivity index (χ4n) is 2.39. The monoisotopic (exact) mass is 363 g/mol. The number of hydrogen-bond acceptors (Lipinski definition) is 5. The zero-order valence-electron chi connectivity index (χ0n) is 14.6. The molecule has 0 amide bonds. The largest absolute Gasteiger partial charge is 0.497 e. The quantitative estimate of drug-likeness (QED) is 0.738. The normalized spacial score (nSPS) is 11.0. The van der Waals surface area contributed by atoms with Gasteiger partial charge in [-0.15, -0.1) is 0 Å². The maximum Gasteiger partial charge on any atom is 0.338 e. The molecule has 0 aliphatic rings. The van der Waals surface area contributed by atoms with Gasteiger partial charge in [0.1, 0.15) is 5.75 Å². The van der Waals surface area contributed by atoms with Gasteiger partial charge in [0.05, 0.1) is 29.9 Å². The van der Waals surface area contributed by atoms with Crippen molar-refractivity contribution in [3.05, 3.63) is 53.6 Å². The molecule has 2 aromatic carbocycles. The lowest BCUT2D eigenvalue weighted by Crippen LogP contribution is -2.27. The highest BCUT2D eigenvalue weighted by Gasteiger charge is 2.23. The Labute approximate surface area is 148 Å². The van der Waals surface area contributed by atoms with Crippen LogP contribution in [0.2, 0.25) is 0 Å². The first kappa shape index (κ1) is 18.8. The molecule has 0 radical (unpaired) electrons. The van der Waals surface area contributed by atoms with Crippen LogP contribution >= 0.6 is 0 Å². The topological polar surface area (TPSA) is 72.9 Å². The second kappa shape index (κ2) is 7.57. The van der Waals surface area contributed by atoms with Crippen LogP contribution in [0.1, 0.15) is 22.8 Å². The van der Waals surface area contributed by atoms with Crippen LogP contribution in [0.15, 0.2) is 47.4 Å². The first-order valence-electron chi connectivity index (χ1n) is 7.72. The lowest BCUT2D eigenvalue weighted by Gasteiger charge is -2.22. The van der Waals surface area contributed by atoms with Crippen LogP contribution < -0.4 is 9.04 Å². The van der Waals surface area contributed by atoms with Gasteiger partial charge < -0.3 is 9.47 Å². The molecule has 0 N–H and O–H groups in total. The fraction of sp³-hybridized carbons (Fsp3) is 0.278. The number of methoxy groups -OCH3 is 1. The van der Waals surface area contributed by atoms with Crippen molar-refractivity contribution in [2.24, 2.45) is 0 Å². The highest BCUT2D eigenvalue weighted by atomic mass is 32.2. The van der Waals surface area contributed by atoms with Gasteiger partial charge in [-0.05, 0) is 61.9 Å². The summed E-state index contributed by atoms with van der Waals surface area (Å²) >= 11 is 0. The van der Waals surface area contributed by atoms with E-state index in [0.29, 0.717) is 22.6 Å². The van der Waals surface area contributed by atoms with E-state index in [1.54, 1.807) is 44.2 Å². The third kappa shape index (κ3) is 3.93. The maximum absolute atomic E-state index is 12.8. The van der Waals surface area contributed by atoms with Gasteiger partial charge in [-0.3, -0.25) is 4.31 Å². The number of carbonyl (C=O) groups excluding carboxylic acids is 1. The number of benzene rings is 2. The van der Waals surface area contributed by atoms with Crippen LogP contribution in [-0.4, -0.2) is 35.2 Å². The van der Waals surface area contributed by atoms with Crippen LogP contribution in [0.5, 0.6) is 5.75 Å². The number of nitrogens with zero attached hydrogens (tertiary/aromatic N) is 1. The Bertz CT molecular complexity index is 860. The Morgan fingerprint density at radius 2 is 1.76 bits per heavy atom. The first-order valence-corrected chi connectivity index (χ1v) is 9.16. The molecule has 134 valence electrons. The minimum Gasteiger partial charge on any atom is -0.497 e. The Kier molecular flexibility index (Phi) is 5.69. The molecule has 0 saturated carbocycles. The molecule has 0 unspecified atom stereocenters. The summed E-state index contributed by atoms with van der Waals surface area (Å²) in [6, 6.07) is 10.9. The molecule has 6 nitrogen and oxygen atoms in total. The van der Waals surface area contributed by atoms with Crippen molar-refractivity contribution in [3.63, 3.8) is 0 Å². The summed E-state index contributed by atoms with van der Waals surface area (Å²) in [5.41, 5.74) is 1.53. The molecule has 0 aromatic heterocycles. The van der Waals surface area contributed by atoms with Crippen molar-refractivity contribution in [2.75, 3.05) is 25.1 Å². The third-order valence-corrected chi connectivity index (χ3v) is 5.55. The van der Waals surface area contributed by atoms with E-state index in [2.05, 4.69) is 0 Å². The van der Waals surface area contributed by atoms with Crippen LogP contribution in [0.25, 0.3) is 0 Å². The summed E-state index contributed by atoms with van der Waals surface area (Å²) in [5, 5.41) is 0. The Hall–Kier alpha value is -2.54. The lowest BCUT2D eigenvalue weighted by molar-refractivity contribution is 0.0526. The van der Waals surface area contributed by atoms with Crippen LogP contribution in [0.4, 0.5) is 5.69 Å². The smallest absolute Gasteiger partial charge is 0.338 e. The maximum atomic E-state index is 12.8. The van der Waals surface area contributed by atoms with Gasteiger partial charge in [-0.1, -0.05) is 0 Å². The molecule has 0 saturated heterocycles. The molecule has 2 aromatic rings. The standard InChI is InChI=1S/C18H21NO5S/c1-5-24-18(20)14-6-11-17(13(2)12-14)19(3)25(21,22)16-9-7-15(23-4)8-10-16/h6-12H,5H2,1-4H3. The van der Waals surface area contributed by atoms with Gasteiger partial charge in [0.25, 0.3) is 10.0 Å². The second-order valence-corrected chi connectivity index (χ2v) is 7.34. The fourth-order valence-corrected chi connectivity index (χ4v) is 3.65. The summed E-state index contributed by atoms with van der Waals surface area (Å²) < 4.78 is 36.8. The van der Waals surface area contributed by atoms with Gasteiger partial charge in [-0.25, -0.2) is 13.2 Å². The first-order chi connectivity index (χ1) is 11.8. The van der Waals surface area contributed by atoms with Gasteiger partial charge >= 0.3 is 5.97 Å². The number of sulfonamides is 1. The third-order valence-electron chi connectivity index (χ3n) is 3.77. The molecule has 0 spiro atoms. The summed E-state index contributed by atoms with van der Waals surface area (Å²) in [5.74, 6) is 0.148. The van der Waals surface area contributed by atoms with Gasteiger partial charge in [0.2, 0.25) is 0 Å². The molecule has 0 heterocycles. The van der Waals surface area contributed by atoms with Crippen molar-refractivity contribution >= 4 is 21.7 Å². The molecular formula is C18H21NO5S. The van der Waals surface area contributed by atoms with E-state index < -0.39 is 16.0 Å². The van der Waals surface area contributed by atoms with Crippen molar-refractivity contribution < 1.29 is 22.7 Å². The summed E-state index contributed by atoms with van der Waals surface area (Å²) in [6.07, 6.45) is 0. The number of anilines is 1. The van der Waals surface area contributed by atoms with Crippen molar-refractivity contribution in [1.29, 1.82) is 0 Å². The molecule has 0 fully saturated rings. The van der Waals surface area contributed by atoms with E-state index in [1.165, 1.54) is 30.6 Å². The van der Waals surface area contributed by atoms with Crippen molar-refractivity contribution in [1.82, 2.24) is 0 Å². The molecule has 0 aliphatic heterocycles. The second-order valence-electron chi connectivity index (χ2n) is 5.37. The minimum atomic E-state index is -3.72. The molecule has 0 bridgehead atoms. The highest BCUT2D eigenvalue weighted by molar-refractivity contribution is 7.92. The average molecular weight is 363 g/mol. The van der Waals surface area contributed by atoms with Gasteiger partial charge in [0.15, 0.2) is 0 Å². The lowest BCUT2D eigenvalue weighted by atomic mass is 10.1. The van der Waals surface area contributed by atoms with Crippen LogP contribution in [0.3, 0.4) is 0 Å². The minimum absolute atomic E-state index is 0.157. The number of carbonyl (C=O) groups is 1. The number of ether oxygens (including phenoxy) is 2. The van der Waals surface area contributed by atoms with Gasteiger partial charge in [-0.2, -0.15) is 0 Å². The zero-order valence-corrected chi connectivity index (χ0v) is 15.5. The van der Waals surface area contributed by atoms with Crippen LogP contribution in [0, 0.1) is 6.92 Å². The van der Waals surface area contributed by atoms with E-state index >= 15 is 0 Å². The average Bonchev–Trinajstić information content (AvgIpc) is 2.61. The number of rotatable bonds is 6. The highest BCUT2D eigenvalue weighted by Crippen LogP contribution is 2.27. The van der Waals surface area contributed by atoms with E-state index in [4.69, 9.17) is 9.47 Å². The predicted octanol–water partition coefficient (Wildman–Crippen LogP) is 3.01. The zero-order chi connectivity index (χ0) is 18.6. The Balaban J connectivity index is 2.35. The molecule has 0 atom stereocenters. The summed E-state index contributed by atoms with van der Waals surface area (Å²) in [6.45, 7) is 3.76.